The topological polar surface area (TPSA) is 64.1 Å². The standard InChI is InChI=1S/C16H19N3OS/c1-10(17)8-14-11(2)15-16(21-14)13(5-6-18-15)19-9-12-4-3-7-20-12/h3-7,10H,8-9,17H2,1-2H3,(H,18,19)/t10-/m0/s1. The number of thiophene rings is 1. The van der Waals surface area contributed by atoms with Gasteiger partial charge in [-0.05, 0) is 44.0 Å². The van der Waals surface area contributed by atoms with E-state index < -0.39 is 0 Å². The third kappa shape index (κ3) is 2.94. The molecule has 4 nitrogen and oxygen atoms in total. The van der Waals surface area contributed by atoms with Crippen molar-refractivity contribution in [2.24, 2.45) is 5.73 Å². The number of pyridine rings is 1. The van der Waals surface area contributed by atoms with Crippen LogP contribution in [0.1, 0.15) is 23.1 Å². The van der Waals surface area contributed by atoms with Gasteiger partial charge < -0.3 is 15.5 Å². The van der Waals surface area contributed by atoms with E-state index in [1.165, 1.54) is 15.1 Å². The van der Waals surface area contributed by atoms with E-state index in [0.29, 0.717) is 6.54 Å². The minimum absolute atomic E-state index is 0.163. The fourth-order valence-electron chi connectivity index (χ4n) is 2.37. The molecule has 0 spiro atoms. The second-order valence-electron chi connectivity index (χ2n) is 5.30. The quantitative estimate of drug-likeness (QED) is 0.754. The first-order valence-corrected chi connectivity index (χ1v) is 7.85. The van der Waals surface area contributed by atoms with Gasteiger partial charge in [-0.1, -0.05) is 0 Å². The van der Waals surface area contributed by atoms with Gasteiger partial charge in [0, 0.05) is 17.1 Å². The van der Waals surface area contributed by atoms with Crippen LogP contribution in [0.15, 0.2) is 35.1 Å². The van der Waals surface area contributed by atoms with Gasteiger partial charge in [-0.2, -0.15) is 0 Å². The number of nitrogens with zero attached hydrogens (tertiary/aromatic N) is 1. The highest BCUT2D eigenvalue weighted by Gasteiger charge is 2.13. The summed E-state index contributed by atoms with van der Waals surface area (Å²) >= 11 is 1.78. The third-order valence-corrected chi connectivity index (χ3v) is 4.78. The van der Waals surface area contributed by atoms with Gasteiger partial charge in [-0.15, -0.1) is 11.3 Å². The minimum Gasteiger partial charge on any atom is -0.467 e. The molecule has 0 saturated carbocycles. The number of furan rings is 1. The van der Waals surface area contributed by atoms with Crippen LogP contribution in [0.2, 0.25) is 0 Å². The highest BCUT2D eigenvalue weighted by Crippen LogP contribution is 2.35. The predicted octanol–water partition coefficient (Wildman–Crippen LogP) is 3.70. The van der Waals surface area contributed by atoms with Crippen molar-refractivity contribution in [3.05, 3.63) is 46.9 Å². The molecule has 21 heavy (non-hydrogen) atoms. The molecular weight excluding hydrogens is 282 g/mol. The molecule has 1 atom stereocenters. The van der Waals surface area contributed by atoms with Crippen molar-refractivity contribution in [1.82, 2.24) is 4.98 Å². The lowest BCUT2D eigenvalue weighted by atomic mass is 10.1. The molecule has 3 N–H and O–H groups in total. The van der Waals surface area contributed by atoms with Crippen LogP contribution in [0.4, 0.5) is 5.69 Å². The van der Waals surface area contributed by atoms with Crippen LogP contribution in [0.3, 0.4) is 0 Å². The summed E-state index contributed by atoms with van der Waals surface area (Å²) in [4.78, 5) is 5.84. The lowest BCUT2D eigenvalue weighted by molar-refractivity contribution is 0.518. The first kappa shape index (κ1) is 14.1. The van der Waals surface area contributed by atoms with E-state index in [1.807, 2.05) is 31.3 Å². The summed E-state index contributed by atoms with van der Waals surface area (Å²) in [5.41, 5.74) is 9.35. The van der Waals surface area contributed by atoms with Crippen LogP contribution in [-0.4, -0.2) is 11.0 Å². The minimum atomic E-state index is 0.163. The van der Waals surface area contributed by atoms with Gasteiger partial charge in [-0.25, -0.2) is 0 Å². The van der Waals surface area contributed by atoms with E-state index in [1.54, 1.807) is 17.6 Å². The number of rotatable bonds is 5. The summed E-state index contributed by atoms with van der Waals surface area (Å²) in [5, 5.41) is 3.43. The molecule has 0 radical (unpaired) electrons. The molecule has 110 valence electrons. The number of fused-ring (bicyclic) bond motifs is 1. The summed E-state index contributed by atoms with van der Waals surface area (Å²) < 4.78 is 6.55. The molecule has 0 unspecified atom stereocenters. The fraction of sp³-hybridized carbons (Fsp3) is 0.312. The Labute approximate surface area is 128 Å². The molecule has 3 rings (SSSR count). The van der Waals surface area contributed by atoms with E-state index in [0.717, 1.165) is 23.4 Å². The van der Waals surface area contributed by atoms with Crippen molar-refractivity contribution in [3.63, 3.8) is 0 Å². The Morgan fingerprint density at radius 3 is 3.00 bits per heavy atom. The lowest BCUT2D eigenvalue weighted by Crippen LogP contribution is -2.17. The Kier molecular flexibility index (Phi) is 3.94. The molecule has 0 aliphatic carbocycles. The summed E-state index contributed by atoms with van der Waals surface area (Å²) in [7, 11) is 0. The largest absolute Gasteiger partial charge is 0.467 e. The predicted molar refractivity (Wildman–Crippen MR) is 87.7 cm³/mol. The van der Waals surface area contributed by atoms with Crippen molar-refractivity contribution in [2.45, 2.75) is 32.9 Å². The molecule has 0 fully saturated rings. The van der Waals surface area contributed by atoms with Gasteiger partial charge >= 0.3 is 0 Å². The number of hydrogen-bond donors (Lipinski definition) is 2. The van der Waals surface area contributed by atoms with Crippen molar-refractivity contribution in [1.29, 1.82) is 0 Å². The van der Waals surface area contributed by atoms with Crippen LogP contribution in [0, 0.1) is 6.92 Å². The number of aryl methyl sites for hydroxylation is 1. The van der Waals surface area contributed by atoms with Gasteiger partial charge in [0.05, 0.1) is 28.7 Å². The fourth-order valence-corrected chi connectivity index (χ4v) is 3.77. The van der Waals surface area contributed by atoms with Crippen molar-refractivity contribution >= 4 is 27.2 Å². The van der Waals surface area contributed by atoms with E-state index in [2.05, 4.69) is 17.2 Å². The highest BCUT2D eigenvalue weighted by atomic mass is 32.1. The first-order valence-electron chi connectivity index (χ1n) is 7.04. The second-order valence-corrected chi connectivity index (χ2v) is 6.41. The number of anilines is 1. The maximum atomic E-state index is 5.93. The zero-order valence-corrected chi connectivity index (χ0v) is 13.0. The zero-order valence-electron chi connectivity index (χ0n) is 12.2. The normalized spacial score (nSPS) is 12.7. The molecule has 3 aromatic rings. The maximum absolute atomic E-state index is 5.93. The molecule has 0 saturated heterocycles. The van der Waals surface area contributed by atoms with E-state index in [4.69, 9.17) is 10.2 Å². The number of hydrogen-bond acceptors (Lipinski definition) is 5. The maximum Gasteiger partial charge on any atom is 0.122 e. The molecule has 0 aliphatic rings. The zero-order chi connectivity index (χ0) is 14.8. The van der Waals surface area contributed by atoms with Crippen molar-refractivity contribution in [3.8, 4) is 0 Å². The van der Waals surface area contributed by atoms with Gasteiger partial charge in [-0.3, -0.25) is 4.98 Å². The third-order valence-electron chi connectivity index (χ3n) is 3.44. The van der Waals surface area contributed by atoms with E-state index >= 15 is 0 Å². The van der Waals surface area contributed by atoms with Crippen LogP contribution in [-0.2, 0) is 13.0 Å². The van der Waals surface area contributed by atoms with Crippen LogP contribution in [0.25, 0.3) is 10.2 Å². The van der Waals surface area contributed by atoms with Gasteiger partial charge in [0.15, 0.2) is 0 Å². The molecule has 3 aromatic heterocycles. The summed E-state index contributed by atoms with van der Waals surface area (Å²) in [6, 6.07) is 6.04. The molecule has 0 bridgehead atoms. The molecule has 0 amide bonds. The second kappa shape index (κ2) is 5.87. The SMILES string of the molecule is Cc1c(C[C@H](C)N)sc2c(NCc3ccco3)ccnc12. The van der Waals surface area contributed by atoms with E-state index in [9.17, 15) is 0 Å². The molecule has 3 heterocycles. The summed E-state index contributed by atoms with van der Waals surface area (Å²) in [6.45, 7) is 4.83. The Morgan fingerprint density at radius 1 is 1.43 bits per heavy atom. The molecule has 5 heteroatoms. The number of nitrogens with one attached hydrogen (secondary N) is 1. The monoisotopic (exact) mass is 301 g/mol. The Morgan fingerprint density at radius 2 is 2.29 bits per heavy atom. The average molecular weight is 301 g/mol. The first-order chi connectivity index (χ1) is 10.1. The molecular formula is C16H19N3OS. The summed E-state index contributed by atoms with van der Waals surface area (Å²) in [6.07, 6.45) is 4.43. The van der Waals surface area contributed by atoms with Crippen LogP contribution >= 0.6 is 11.3 Å². The van der Waals surface area contributed by atoms with Gasteiger partial charge in [0.2, 0.25) is 0 Å². The van der Waals surface area contributed by atoms with E-state index in [-0.39, 0.29) is 6.04 Å². The van der Waals surface area contributed by atoms with Gasteiger partial charge in [0.25, 0.3) is 0 Å². The number of nitrogens with two attached hydrogens (primary N) is 1. The molecule has 0 aliphatic heterocycles. The van der Waals surface area contributed by atoms with Gasteiger partial charge in [0.1, 0.15) is 5.76 Å². The van der Waals surface area contributed by atoms with Crippen molar-refractivity contribution in [2.75, 3.05) is 5.32 Å². The Bertz CT molecular complexity index is 731. The Hall–Kier alpha value is -1.85. The average Bonchev–Trinajstić information content (AvgIpc) is 3.06. The van der Waals surface area contributed by atoms with Crippen LogP contribution in [0.5, 0.6) is 0 Å². The number of aromatic nitrogens is 1. The lowest BCUT2D eigenvalue weighted by Gasteiger charge is -2.05. The van der Waals surface area contributed by atoms with Crippen molar-refractivity contribution < 1.29 is 4.42 Å². The highest BCUT2D eigenvalue weighted by molar-refractivity contribution is 7.19. The smallest absolute Gasteiger partial charge is 0.122 e. The van der Waals surface area contributed by atoms with Crippen LogP contribution < -0.4 is 11.1 Å². The summed E-state index contributed by atoms with van der Waals surface area (Å²) in [5.74, 6) is 0.920. The Balaban J connectivity index is 1.91. The molecule has 0 aromatic carbocycles.